The lowest BCUT2D eigenvalue weighted by atomic mass is 10.1. The van der Waals surface area contributed by atoms with Crippen molar-refractivity contribution in [2.75, 3.05) is 0 Å². The molecule has 4 rings (SSSR count). The molecule has 7 nitrogen and oxygen atoms in total. The third-order valence-electron chi connectivity index (χ3n) is 5.00. The average Bonchev–Trinajstić information content (AvgIpc) is 3.30. The van der Waals surface area contributed by atoms with Crippen LogP contribution in [0.5, 0.6) is 11.6 Å². The number of aromatic nitrogens is 5. The van der Waals surface area contributed by atoms with Crippen LogP contribution in [-0.4, -0.2) is 23.7 Å². The Morgan fingerprint density at radius 2 is 1.77 bits per heavy atom. The molecule has 8 heteroatoms. The van der Waals surface area contributed by atoms with Gasteiger partial charge < -0.3 is 4.74 Å². The molecule has 1 aromatic carbocycles. The van der Waals surface area contributed by atoms with Crippen molar-refractivity contribution < 1.29 is 4.74 Å². The van der Waals surface area contributed by atoms with E-state index in [1.165, 1.54) is 4.57 Å². The molecule has 0 fully saturated rings. The molecule has 0 aliphatic heterocycles. The third-order valence-corrected chi connectivity index (χ3v) is 5.28. The van der Waals surface area contributed by atoms with Crippen LogP contribution in [0.4, 0.5) is 0 Å². The molecule has 30 heavy (non-hydrogen) atoms. The van der Waals surface area contributed by atoms with E-state index in [2.05, 4.69) is 23.9 Å². The molecule has 0 bridgehead atoms. The number of rotatable bonds is 5. The predicted octanol–water partition coefficient (Wildman–Crippen LogP) is 5.05. The van der Waals surface area contributed by atoms with Gasteiger partial charge in [0.2, 0.25) is 5.88 Å². The van der Waals surface area contributed by atoms with Gasteiger partial charge in [0.25, 0.3) is 5.56 Å². The average molecular weight is 426 g/mol. The van der Waals surface area contributed by atoms with Gasteiger partial charge in [-0.2, -0.15) is 5.10 Å². The first-order valence-corrected chi connectivity index (χ1v) is 10.2. The maximum Gasteiger partial charge on any atom is 0.279 e. The summed E-state index contributed by atoms with van der Waals surface area (Å²) in [7, 11) is 1.69. The highest BCUT2D eigenvalue weighted by Crippen LogP contribution is 2.30. The Morgan fingerprint density at radius 1 is 1.07 bits per heavy atom. The Labute approximate surface area is 179 Å². The van der Waals surface area contributed by atoms with E-state index in [0.717, 1.165) is 17.1 Å². The standard InChI is InChI=1S/C22H24ClN5O2/c1-13(2)21-24-10-18-22(29)26(5)19(12-27(18)21)30-16-8-6-15(7-9-16)20-17(23)11-28(25-20)14(3)4/h6-14H,1-5H3. The van der Waals surface area contributed by atoms with Crippen LogP contribution in [0.25, 0.3) is 16.8 Å². The van der Waals surface area contributed by atoms with Crippen LogP contribution in [0.1, 0.15) is 45.5 Å². The van der Waals surface area contributed by atoms with Crippen molar-refractivity contribution in [3.63, 3.8) is 0 Å². The van der Waals surface area contributed by atoms with Crippen molar-refractivity contribution in [3.05, 3.63) is 64.1 Å². The zero-order chi connectivity index (χ0) is 21.6. The van der Waals surface area contributed by atoms with E-state index in [0.29, 0.717) is 22.2 Å². The van der Waals surface area contributed by atoms with E-state index in [1.54, 1.807) is 23.8 Å². The van der Waals surface area contributed by atoms with Crippen LogP contribution < -0.4 is 10.3 Å². The van der Waals surface area contributed by atoms with Gasteiger partial charge in [0, 0.05) is 30.8 Å². The van der Waals surface area contributed by atoms with Crippen molar-refractivity contribution in [1.82, 2.24) is 23.7 Å². The van der Waals surface area contributed by atoms with E-state index in [4.69, 9.17) is 16.3 Å². The number of fused-ring (bicyclic) bond motifs is 1. The van der Waals surface area contributed by atoms with Crippen LogP contribution in [0, 0.1) is 0 Å². The number of hydrogen-bond donors (Lipinski definition) is 0. The van der Waals surface area contributed by atoms with E-state index in [1.807, 2.05) is 49.0 Å². The molecular weight excluding hydrogens is 402 g/mol. The molecule has 0 unspecified atom stereocenters. The molecule has 0 saturated carbocycles. The van der Waals surface area contributed by atoms with Gasteiger partial charge in [-0.3, -0.25) is 18.4 Å². The number of hydrogen-bond acceptors (Lipinski definition) is 4. The molecule has 3 heterocycles. The predicted molar refractivity (Wildman–Crippen MR) is 118 cm³/mol. The molecule has 0 aliphatic carbocycles. The Balaban J connectivity index is 1.67. The molecule has 0 amide bonds. The number of halogens is 1. The highest BCUT2D eigenvalue weighted by molar-refractivity contribution is 6.33. The number of nitrogens with zero attached hydrogens (tertiary/aromatic N) is 5. The van der Waals surface area contributed by atoms with Crippen molar-refractivity contribution >= 4 is 17.1 Å². The molecule has 0 radical (unpaired) electrons. The highest BCUT2D eigenvalue weighted by Gasteiger charge is 2.15. The maximum absolute atomic E-state index is 12.7. The van der Waals surface area contributed by atoms with Crippen LogP contribution in [0.3, 0.4) is 0 Å². The Hall–Kier alpha value is -3.06. The number of imidazole rings is 1. The first-order chi connectivity index (χ1) is 14.3. The molecular formula is C22H24ClN5O2. The SMILES string of the molecule is CC(C)c1ncc2c(=O)n(C)c(Oc3ccc(-c4nn(C(C)C)cc4Cl)cc3)cn12. The van der Waals surface area contributed by atoms with Crippen molar-refractivity contribution in [3.8, 4) is 22.9 Å². The number of ether oxygens (including phenoxy) is 1. The number of benzene rings is 1. The van der Waals surface area contributed by atoms with Gasteiger partial charge in [-0.15, -0.1) is 0 Å². The molecule has 156 valence electrons. The van der Waals surface area contributed by atoms with Gasteiger partial charge in [-0.25, -0.2) is 4.98 Å². The molecule has 0 aliphatic rings. The first kappa shape index (κ1) is 20.2. The summed E-state index contributed by atoms with van der Waals surface area (Å²) in [6.07, 6.45) is 5.23. The normalized spacial score (nSPS) is 11.7. The van der Waals surface area contributed by atoms with Crippen LogP contribution in [0.15, 0.2) is 47.7 Å². The minimum absolute atomic E-state index is 0.158. The van der Waals surface area contributed by atoms with Crippen LogP contribution in [-0.2, 0) is 7.05 Å². The smallest absolute Gasteiger partial charge is 0.279 e. The minimum Gasteiger partial charge on any atom is -0.439 e. The summed E-state index contributed by atoms with van der Waals surface area (Å²) in [5.74, 6) is 2.04. The van der Waals surface area contributed by atoms with E-state index >= 15 is 0 Å². The van der Waals surface area contributed by atoms with Crippen molar-refractivity contribution in [2.45, 2.75) is 39.7 Å². The monoisotopic (exact) mass is 425 g/mol. The van der Waals surface area contributed by atoms with Gasteiger partial charge in [0.15, 0.2) is 0 Å². The molecule has 3 aromatic heterocycles. The summed E-state index contributed by atoms with van der Waals surface area (Å²) in [6, 6.07) is 7.72. The maximum atomic E-state index is 12.7. The van der Waals surface area contributed by atoms with Gasteiger partial charge in [0.1, 0.15) is 22.8 Å². The minimum atomic E-state index is -0.158. The van der Waals surface area contributed by atoms with Crippen molar-refractivity contribution in [2.24, 2.45) is 7.05 Å². The Kier molecular flexibility index (Phi) is 5.15. The summed E-state index contributed by atoms with van der Waals surface area (Å²) < 4.78 is 11.1. The zero-order valence-electron chi connectivity index (χ0n) is 17.6. The quantitative estimate of drug-likeness (QED) is 0.449. The summed E-state index contributed by atoms with van der Waals surface area (Å²) in [5.41, 5.74) is 1.99. The second-order valence-electron chi connectivity index (χ2n) is 7.88. The summed E-state index contributed by atoms with van der Waals surface area (Å²) in [4.78, 5) is 17.1. The van der Waals surface area contributed by atoms with Crippen LogP contribution >= 0.6 is 11.6 Å². The zero-order valence-corrected chi connectivity index (χ0v) is 18.4. The molecule has 0 N–H and O–H groups in total. The summed E-state index contributed by atoms with van der Waals surface area (Å²) in [5, 5.41) is 5.16. The summed E-state index contributed by atoms with van der Waals surface area (Å²) in [6.45, 7) is 8.18. The Morgan fingerprint density at radius 3 is 2.37 bits per heavy atom. The molecule has 4 aromatic rings. The lowest BCUT2D eigenvalue weighted by molar-refractivity contribution is 0.430. The fourth-order valence-electron chi connectivity index (χ4n) is 3.29. The Bertz CT molecular complexity index is 1270. The molecule has 0 saturated heterocycles. The van der Waals surface area contributed by atoms with E-state index in [-0.39, 0.29) is 17.5 Å². The fraction of sp³-hybridized carbons (Fsp3) is 0.318. The topological polar surface area (TPSA) is 66.4 Å². The van der Waals surface area contributed by atoms with Gasteiger partial charge in [-0.05, 0) is 38.1 Å². The second-order valence-corrected chi connectivity index (χ2v) is 8.29. The first-order valence-electron chi connectivity index (χ1n) is 9.86. The van der Waals surface area contributed by atoms with Crippen molar-refractivity contribution in [1.29, 1.82) is 0 Å². The summed E-state index contributed by atoms with van der Waals surface area (Å²) >= 11 is 6.35. The highest BCUT2D eigenvalue weighted by atomic mass is 35.5. The fourth-order valence-corrected chi connectivity index (χ4v) is 3.54. The largest absolute Gasteiger partial charge is 0.439 e. The third kappa shape index (κ3) is 3.50. The molecule has 0 atom stereocenters. The van der Waals surface area contributed by atoms with Gasteiger partial charge in [-0.1, -0.05) is 25.4 Å². The molecule has 0 spiro atoms. The van der Waals surface area contributed by atoms with Crippen LogP contribution in [0.2, 0.25) is 5.02 Å². The van der Waals surface area contributed by atoms with Gasteiger partial charge in [0.05, 0.1) is 17.4 Å². The van der Waals surface area contributed by atoms with E-state index in [9.17, 15) is 4.79 Å². The lowest BCUT2D eigenvalue weighted by Gasteiger charge is -2.12. The lowest BCUT2D eigenvalue weighted by Crippen LogP contribution is -2.20. The van der Waals surface area contributed by atoms with E-state index < -0.39 is 0 Å². The second kappa shape index (κ2) is 7.65. The van der Waals surface area contributed by atoms with Gasteiger partial charge >= 0.3 is 0 Å².